The standard InChI is InChI=1S/C14H25N3O/c1-5-13(6-2,10-15)12(18)16-11-14(17(3)4)8-7-9-14/h5-9,11H2,1-4H3,(H,16,18). The highest BCUT2D eigenvalue weighted by Gasteiger charge is 2.41. The summed E-state index contributed by atoms with van der Waals surface area (Å²) in [4.78, 5) is 14.4. The Kier molecular flexibility index (Phi) is 4.75. The lowest BCUT2D eigenvalue weighted by atomic mass is 9.75. The molecule has 4 nitrogen and oxygen atoms in total. The van der Waals surface area contributed by atoms with Gasteiger partial charge in [-0.3, -0.25) is 4.79 Å². The molecule has 102 valence electrons. The third-order valence-corrected chi connectivity index (χ3v) is 4.67. The smallest absolute Gasteiger partial charge is 0.240 e. The molecule has 1 N–H and O–H groups in total. The number of rotatable bonds is 6. The van der Waals surface area contributed by atoms with E-state index in [0.717, 1.165) is 12.8 Å². The Labute approximate surface area is 110 Å². The van der Waals surface area contributed by atoms with Crippen molar-refractivity contribution in [3.63, 3.8) is 0 Å². The first kappa shape index (κ1) is 15.0. The van der Waals surface area contributed by atoms with Crippen molar-refractivity contribution in [2.75, 3.05) is 20.6 Å². The van der Waals surface area contributed by atoms with Crippen LogP contribution in [0.1, 0.15) is 46.0 Å². The van der Waals surface area contributed by atoms with Crippen LogP contribution < -0.4 is 5.32 Å². The molecule has 0 aliphatic heterocycles. The lowest BCUT2D eigenvalue weighted by molar-refractivity contribution is -0.129. The van der Waals surface area contributed by atoms with E-state index < -0.39 is 5.41 Å². The number of hydrogen-bond acceptors (Lipinski definition) is 3. The summed E-state index contributed by atoms with van der Waals surface area (Å²) in [6, 6.07) is 2.19. The lowest BCUT2D eigenvalue weighted by Crippen LogP contribution is -2.58. The van der Waals surface area contributed by atoms with Gasteiger partial charge in [0.05, 0.1) is 6.07 Å². The van der Waals surface area contributed by atoms with Crippen molar-refractivity contribution in [3.05, 3.63) is 0 Å². The summed E-state index contributed by atoms with van der Waals surface area (Å²) < 4.78 is 0. The van der Waals surface area contributed by atoms with Crippen LogP contribution in [-0.2, 0) is 4.79 Å². The molecule has 1 fully saturated rings. The van der Waals surface area contributed by atoms with Crippen LogP contribution in [0, 0.1) is 16.7 Å². The Morgan fingerprint density at radius 1 is 1.39 bits per heavy atom. The minimum absolute atomic E-state index is 0.108. The second-order valence-electron chi connectivity index (χ2n) is 5.56. The van der Waals surface area contributed by atoms with Crippen LogP contribution in [0.2, 0.25) is 0 Å². The fraction of sp³-hybridized carbons (Fsp3) is 0.857. The summed E-state index contributed by atoms with van der Waals surface area (Å²) in [6.45, 7) is 4.46. The topological polar surface area (TPSA) is 56.1 Å². The average molecular weight is 251 g/mol. The van der Waals surface area contributed by atoms with Gasteiger partial charge in [0.1, 0.15) is 5.41 Å². The van der Waals surface area contributed by atoms with Crippen LogP contribution in [0.5, 0.6) is 0 Å². The van der Waals surface area contributed by atoms with E-state index in [2.05, 4.69) is 30.4 Å². The van der Waals surface area contributed by atoms with Crippen LogP contribution in [-0.4, -0.2) is 37.0 Å². The molecule has 1 amide bonds. The first-order chi connectivity index (χ1) is 8.46. The molecule has 0 aromatic heterocycles. The first-order valence-corrected chi connectivity index (χ1v) is 6.83. The van der Waals surface area contributed by atoms with Gasteiger partial charge in [0, 0.05) is 12.1 Å². The second kappa shape index (κ2) is 5.71. The van der Waals surface area contributed by atoms with E-state index in [1.165, 1.54) is 6.42 Å². The molecule has 18 heavy (non-hydrogen) atoms. The number of nitriles is 1. The van der Waals surface area contributed by atoms with Crippen LogP contribution >= 0.6 is 0 Å². The van der Waals surface area contributed by atoms with Gasteiger partial charge in [-0.05, 0) is 46.2 Å². The van der Waals surface area contributed by atoms with Crippen LogP contribution in [0.3, 0.4) is 0 Å². The first-order valence-electron chi connectivity index (χ1n) is 6.83. The highest BCUT2D eigenvalue weighted by molar-refractivity contribution is 5.85. The molecule has 1 aliphatic carbocycles. The molecule has 0 atom stereocenters. The van der Waals surface area contributed by atoms with Crippen molar-refractivity contribution >= 4 is 5.91 Å². The molecule has 0 saturated heterocycles. The maximum Gasteiger partial charge on any atom is 0.240 e. The van der Waals surface area contributed by atoms with Gasteiger partial charge in [-0.2, -0.15) is 5.26 Å². The Balaban J connectivity index is 2.63. The summed E-state index contributed by atoms with van der Waals surface area (Å²) in [7, 11) is 4.12. The van der Waals surface area contributed by atoms with Gasteiger partial charge in [0.2, 0.25) is 5.91 Å². The van der Waals surface area contributed by atoms with E-state index in [1.54, 1.807) is 0 Å². The normalized spacial score (nSPS) is 18.0. The number of carbonyl (C=O) groups excluding carboxylic acids is 1. The molecule has 1 rings (SSSR count). The van der Waals surface area contributed by atoms with Gasteiger partial charge in [0.25, 0.3) is 0 Å². The molecule has 0 aromatic carbocycles. The van der Waals surface area contributed by atoms with Crippen molar-refractivity contribution in [3.8, 4) is 6.07 Å². The minimum Gasteiger partial charge on any atom is -0.353 e. The molecule has 0 radical (unpaired) electrons. The fourth-order valence-corrected chi connectivity index (χ4v) is 2.56. The fourth-order valence-electron chi connectivity index (χ4n) is 2.56. The summed E-state index contributed by atoms with van der Waals surface area (Å²) in [5.74, 6) is -0.108. The molecule has 0 spiro atoms. The number of hydrogen-bond donors (Lipinski definition) is 1. The number of amides is 1. The predicted octanol–water partition coefficient (Wildman–Crippen LogP) is 1.92. The van der Waals surface area contributed by atoms with Crippen LogP contribution in [0.25, 0.3) is 0 Å². The average Bonchev–Trinajstić information content (AvgIpc) is 2.30. The zero-order valence-corrected chi connectivity index (χ0v) is 12.0. The Hall–Kier alpha value is -1.08. The molecule has 0 bridgehead atoms. The molecule has 4 heteroatoms. The Bertz CT molecular complexity index is 335. The Morgan fingerprint density at radius 2 is 1.94 bits per heavy atom. The zero-order valence-electron chi connectivity index (χ0n) is 12.0. The molecule has 0 unspecified atom stereocenters. The van der Waals surface area contributed by atoms with Crippen molar-refractivity contribution in [1.29, 1.82) is 5.26 Å². The van der Waals surface area contributed by atoms with E-state index in [9.17, 15) is 10.1 Å². The van der Waals surface area contributed by atoms with Crippen LogP contribution in [0.15, 0.2) is 0 Å². The van der Waals surface area contributed by atoms with E-state index in [4.69, 9.17) is 0 Å². The lowest BCUT2D eigenvalue weighted by Gasteiger charge is -2.47. The quantitative estimate of drug-likeness (QED) is 0.784. The summed E-state index contributed by atoms with van der Waals surface area (Å²) in [5, 5.41) is 12.2. The highest BCUT2D eigenvalue weighted by Crippen LogP contribution is 2.36. The monoisotopic (exact) mass is 251 g/mol. The van der Waals surface area contributed by atoms with Crippen molar-refractivity contribution < 1.29 is 4.79 Å². The number of nitrogens with one attached hydrogen (secondary N) is 1. The second-order valence-corrected chi connectivity index (χ2v) is 5.56. The summed E-state index contributed by atoms with van der Waals surface area (Å²) in [5.41, 5.74) is -0.740. The van der Waals surface area contributed by atoms with Gasteiger partial charge in [-0.15, -0.1) is 0 Å². The molecule has 1 aliphatic rings. The van der Waals surface area contributed by atoms with Gasteiger partial charge in [-0.1, -0.05) is 13.8 Å². The third-order valence-electron chi connectivity index (χ3n) is 4.67. The van der Waals surface area contributed by atoms with Gasteiger partial charge >= 0.3 is 0 Å². The molecule has 0 heterocycles. The van der Waals surface area contributed by atoms with E-state index in [-0.39, 0.29) is 11.4 Å². The van der Waals surface area contributed by atoms with Gasteiger partial charge < -0.3 is 10.2 Å². The number of likely N-dealkylation sites (N-methyl/N-ethyl adjacent to an activating group) is 1. The molecule has 1 saturated carbocycles. The largest absolute Gasteiger partial charge is 0.353 e. The van der Waals surface area contributed by atoms with Gasteiger partial charge in [0.15, 0.2) is 0 Å². The number of nitrogens with zero attached hydrogens (tertiary/aromatic N) is 2. The number of carbonyl (C=O) groups is 1. The maximum absolute atomic E-state index is 12.2. The van der Waals surface area contributed by atoms with E-state index >= 15 is 0 Å². The zero-order chi connectivity index (χ0) is 13.8. The highest BCUT2D eigenvalue weighted by atomic mass is 16.2. The summed E-state index contributed by atoms with van der Waals surface area (Å²) in [6.07, 6.45) is 4.61. The van der Waals surface area contributed by atoms with E-state index in [0.29, 0.717) is 19.4 Å². The minimum atomic E-state index is -0.850. The van der Waals surface area contributed by atoms with Crippen molar-refractivity contribution in [2.24, 2.45) is 5.41 Å². The molecular formula is C14H25N3O. The van der Waals surface area contributed by atoms with Crippen molar-refractivity contribution in [2.45, 2.75) is 51.5 Å². The predicted molar refractivity (Wildman–Crippen MR) is 71.9 cm³/mol. The molecular weight excluding hydrogens is 226 g/mol. The van der Waals surface area contributed by atoms with Crippen molar-refractivity contribution in [1.82, 2.24) is 10.2 Å². The Morgan fingerprint density at radius 3 is 2.22 bits per heavy atom. The SMILES string of the molecule is CCC(C#N)(CC)C(=O)NCC1(N(C)C)CCC1. The maximum atomic E-state index is 12.2. The van der Waals surface area contributed by atoms with Gasteiger partial charge in [-0.25, -0.2) is 0 Å². The molecule has 0 aromatic rings. The summed E-state index contributed by atoms with van der Waals surface area (Å²) >= 11 is 0. The van der Waals surface area contributed by atoms with E-state index in [1.807, 2.05) is 13.8 Å². The third kappa shape index (κ3) is 2.51. The van der Waals surface area contributed by atoms with Crippen LogP contribution in [0.4, 0.5) is 0 Å².